The van der Waals surface area contributed by atoms with Gasteiger partial charge in [-0.15, -0.1) is 0 Å². The van der Waals surface area contributed by atoms with Gasteiger partial charge in [-0.25, -0.2) is 0 Å². The normalized spacial score (nSPS) is 9.85. The minimum atomic E-state index is -0.136. The Hall–Kier alpha value is -2.12. The molecule has 100 valence electrons. The number of rotatable bonds is 3. The van der Waals surface area contributed by atoms with E-state index in [0.717, 1.165) is 15.6 Å². The number of carbonyl (C=O) groups is 1. The zero-order valence-corrected chi connectivity index (χ0v) is 12.6. The Kier molecular flexibility index (Phi) is 4.54. The van der Waals surface area contributed by atoms with E-state index in [9.17, 15) is 4.79 Å². The summed E-state index contributed by atoms with van der Waals surface area (Å²) in [4.78, 5) is 12.1. The van der Waals surface area contributed by atoms with Crippen LogP contribution in [0.15, 0.2) is 46.9 Å². The second kappa shape index (κ2) is 6.36. The summed E-state index contributed by atoms with van der Waals surface area (Å²) in [6.07, 6.45) is 0. The van der Waals surface area contributed by atoms with E-state index in [1.54, 1.807) is 18.2 Å². The third kappa shape index (κ3) is 3.25. The lowest BCUT2D eigenvalue weighted by atomic mass is 10.1. The topological polar surface area (TPSA) is 52.9 Å². The highest BCUT2D eigenvalue weighted by atomic mass is 79.9. The largest absolute Gasteiger partial charge is 0.348 e. The number of carbonyl (C=O) groups excluding carboxylic acids is 1. The summed E-state index contributed by atoms with van der Waals surface area (Å²) in [5.41, 5.74) is 3.13. The lowest BCUT2D eigenvalue weighted by molar-refractivity contribution is 0.0950. The second-order valence-corrected chi connectivity index (χ2v) is 5.22. The van der Waals surface area contributed by atoms with Crippen LogP contribution < -0.4 is 5.32 Å². The molecule has 0 aliphatic heterocycles. The van der Waals surface area contributed by atoms with E-state index in [4.69, 9.17) is 5.26 Å². The first-order valence-electron chi connectivity index (χ1n) is 6.14. The van der Waals surface area contributed by atoms with Crippen molar-refractivity contribution in [2.75, 3.05) is 0 Å². The number of benzene rings is 2. The van der Waals surface area contributed by atoms with Crippen molar-refractivity contribution in [3.05, 3.63) is 69.2 Å². The Balaban J connectivity index is 2.09. The molecule has 1 amide bonds. The van der Waals surface area contributed by atoms with Gasteiger partial charge in [0.2, 0.25) is 0 Å². The van der Waals surface area contributed by atoms with Gasteiger partial charge in [0.25, 0.3) is 5.91 Å². The summed E-state index contributed by atoms with van der Waals surface area (Å²) in [5, 5.41) is 11.7. The van der Waals surface area contributed by atoms with Crippen molar-refractivity contribution in [3.8, 4) is 6.07 Å². The second-order valence-electron chi connectivity index (χ2n) is 4.43. The summed E-state index contributed by atoms with van der Waals surface area (Å²) < 4.78 is 0.809. The van der Waals surface area contributed by atoms with Crippen molar-refractivity contribution in [2.45, 2.75) is 13.5 Å². The highest BCUT2D eigenvalue weighted by Gasteiger charge is 2.10. The molecule has 2 aromatic carbocycles. The highest BCUT2D eigenvalue weighted by Crippen LogP contribution is 2.20. The SMILES string of the molecule is Cc1cccc(C(=O)NCc2cccc(C#N)c2)c1Br. The number of halogens is 1. The molecule has 20 heavy (non-hydrogen) atoms. The van der Waals surface area contributed by atoms with E-state index in [0.29, 0.717) is 17.7 Å². The zero-order valence-electron chi connectivity index (χ0n) is 11.0. The Bertz CT molecular complexity index is 689. The van der Waals surface area contributed by atoms with Crippen molar-refractivity contribution in [2.24, 2.45) is 0 Å². The summed E-state index contributed by atoms with van der Waals surface area (Å²) in [6, 6.07) is 14.9. The third-order valence-electron chi connectivity index (χ3n) is 2.95. The van der Waals surface area contributed by atoms with E-state index < -0.39 is 0 Å². The molecule has 0 aliphatic rings. The fourth-order valence-electron chi connectivity index (χ4n) is 1.85. The fraction of sp³-hybridized carbons (Fsp3) is 0.125. The predicted molar refractivity (Wildman–Crippen MR) is 81.2 cm³/mol. The van der Waals surface area contributed by atoms with Gasteiger partial charge in [-0.2, -0.15) is 5.26 Å². The molecular weight excluding hydrogens is 316 g/mol. The maximum absolute atomic E-state index is 12.1. The smallest absolute Gasteiger partial charge is 0.252 e. The van der Waals surface area contributed by atoms with Crippen molar-refractivity contribution < 1.29 is 4.79 Å². The molecule has 4 heteroatoms. The van der Waals surface area contributed by atoms with E-state index in [1.165, 1.54) is 0 Å². The number of hydrogen-bond acceptors (Lipinski definition) is 2. The molecule has 0 atom stereocenters. The van der Waals surface area contributed by atoms with E-state index in [1.807, 2.05) is 31.2 Å². The van der Waals surface area contributed by atoms with Gasteiger partial charge in [-0.1, -0.05) is 24.3 Å². The van der Waals surface area contributed by atoms with Crippen LogP contribution in [0.3, 0.4) is 0 Å². The molecule has 1 N–H and O–H groups in total. The zero-order chi connectivity index (χ0) is 14.5. The third-order valence-corrected chi connectivity index (χ3v) is 4.00. The van der Waals surface area contributed by atoms with Crippen LogP contribution in [0, 0.1) is 18.3 Å². The number of nitrogens with one attached hydrogen (secondary N) is 1. The molecule has 2 rings (SSSR count). The molecule has 0 saturated heterocycles. The van der Waals surface area contributed by atoms with E-state index >= 15 is 0 Å². The van der Waals surface area contributed by atoms with Gasteiger partial charge in [0, 0.05) is 11.0 Å². The minimum absolute atomic E-state index is 0.136. The molecule has 0 bridgehead atoms. The van der Waals surface area contributed by atoms with Gasteiger partial charge in [0.1, 0.15) is 0 Å². The molecule has 0 saturated carbocycles. The lowest BCUT2D eigenvalue weighted by Gasteiger charge is -2.08. The van der Waals surface area contributed by atoms with Crippen LogP contribution in [0.25, 0.3) is 0 Å². The highest BCUT2D eigenvalue weighted by molar-refractivity contribution is 9.10. The van der Waals surface area contributed by atoms with E-state index in [2.05, 4.69) is 27.3 Å². The van der Waals surface area contributed by atoms with Crippen LogP contribution in [0.2, 0.25) is 0 Å². The van der Waals surface area contributed by atoms with Crippen LogP contribution in [-0.4, -0.2) is 5.91 Å². The molecule has 2 aromatic rings. The molecule has 0 radical (unpaired) electrons. The van der Waals surface area contributed by atoms with Crippen LogP contribution in [0.5, 0.6) is 0 Å². The number of nitrogens with zero attached hydrogens (tertiary/aromatic N) is 1. The van der Waals surface area contributed by atoms with Crippen LogP contribution >= 0.6 is 15.9 Å². The Labute approximate surface area is 126 Å². The Morgan fingerprint density at radius 2 is 2.05 bits per heavy atom. The molecule has 0 aliphatic carbocycles. The minimum Gasteiger partial charge on any atom is -0.348 e. The van der Waals surface area contributed by atoms with Gasteiger partial charge in [-0.05, 0) is 52.2 Å². The first kappa shape index (κ1) is 14.3. The molecule has 3 nitrogen and oxygen atoms in total. The summed E-state index contributed by atoms with van der Waals surface area (Å²) in [5.74, 6) is -0.136. The van der Waals surface area contributed by atoms with Crippen molar-refractivity contribution in [1.29, 1.82) is 5.26 Å². The molecule has 0 aromatic heterocycles. The Morgan fingerprint density at radius 3 is 2.80 bits per heavy atom. The van der Waals surface area contributed by atoms with Gasteiger partial charge in [0.15, 0.2) is 0 Å². The van der Waals surface area contributed by atoms with Crippen LogP contribution in [0.1, 0.15) is 27.0 Å². The summed E-state index contributed by atoms with van der Waals surface area (Å²) in [7, 11) is 0. The monoisotopic (exact) mass is 328 g/mol. The molecule has 0 heterocycles. The quantitative estimate of drug-likeness (QED) is 0.936. The number of aryl methyl sites for hydroxylation is 1. The summed E-state index contributed by atoms with van der Waals surface area (Å²) >= 11 is 3.43. The van der Waals surface area contributed by atoms with Crippen molar-refractivity contribution in [1.82, 2.24) is 5.32 Å². The molecular formula is C16H13BrN2O. The number of hydrogen-bond donors (Lipinski definition) is 1. The maximum Gasteiger partial charge on any atom is 0.252 e. The van der Waals surface area contributed by atoms with E-state index in [-0.39, 0.29) is 5.91 Å². The summed E-state index contributed by atoms with van der Waals surface area (Å²) in [6.45, 7) is 2.34. The van der Waals surface area contributed by atoms with Gasteiger partial charge >= 0.3 is 0 Å². The fourth-order valence-corrected chi connectivity index (χ4v) is 2.30. The van der Waals surface area contributed by atoms with Crippen LogP contribution in [-0.2, 0) is 6.54 Å². The first-order chi connectivity index (χ1) is 9.61. The van der Waals surface area contributed by atoms with Gasteiger partial charge in [-0.3, -0.25) is 4.79 Å². The standard InChI is InChI=1S/C16H13BrN2O/c1-11-4-2-7-14(15(11)17)16(20)19-10-13-6-3-5-12(8-13)9-18/h2-8H,10H2,1H3,(H,19,20). The number of nitriles is 1. The molecule has 0 fully saturated rings. The molecule has 0 unspecified atom stereocenters. The molecule has 0 spiro atoms. The van der Waals surface area contributed by atoms with Crippen molar-refractivity contribution >= 4 is 21.8 Å². The lowest BCUT2D eigenvalue weighted by Crippen LogP contribution is -2.23. The number of amides is 1. The van der Waals surface area contributed by atoms with Gasteiger partial charge < -0.3 is 5.32 Å². The first-order valence-corrected chi connectivity index (χ1v) is 6.93. The predicted octanol–water partition coefficient (Wildman–Crippen LogP) is 3.56. The average molecular weight is 329 g/mol. The van der Waals surface area contributed by atoms with Crippen LogP contribution in [0.4, 0.5) is 0 Å². The Morgan fingerprint density at radius 1 is 1.30 bits per heavy atom. The van der Waals surface area contributed by atoms with Gasteiger partial charge in [0.05, 0.1) is 17.2 Å². The van der Waals surface area contributed by atoms with Crippen molar-refractivity contribution in [3.63, 3.8) is 0 Å². The average Bonchev–Trinajstić information content (AvgIpc) is 2.48. The maximum atomic E-state index is 12.1.